The van der Waals surface area contributed by atoms with Crippen molar-refractivity contribution in [3.63, 3.8) is 0 Å². The third-order valence-corrected chi connectivity index (χ3v) is 4.40. The minimum atomic E-state index is -0.841. The van der Waals surface area contributed by atoms with Gasteiger partial charge in [0.25, 0.3) is 0 Å². The van der Waals surface area contributed by atoms with Crippen LogP contribution in [0.3, 0.4) is 0 Å². The van der Waals surface area contributed by atoms with Gasteiger partial charge < -0.3 is 15.2 Å². The quantitative estimate of drug-likeness (QED) is 0.679. The molecule has 7 heteroatoms. The molecule has 0 aliphatic heterocycles. The summed E-state index contributed by atoms with van der Waals surface area (Å²) in [4.78, 5) is 27.7. The molecule has 2 rings (SSSR count). The predicted molar refractivity (Wildman–Crippen MR) is 92.6 cm³/mol. The average Bonchev–Trinajstić information content (AvgIpc) is 2.90. The molecule has 1 aromatic carbocycles. The van der Waals surface area contributed by atoms with E-state index in [1.807, 2.05) is 37.3 Å². The van der Waals surface area contributed by atoms with Crippen molar-refractivity contribution in [2.45, 2.75) is 32.6 Å². The van der Waals surface area contributed by atoms with Crippen LogP contribution in [0.15, 0.2) is 30.3 Å². The zero-order chi connectivity index (χ0) is 17.4. The number of thiazole rings is 1. The highest BCUT2D eigenvalue weighted by molar-refractivity contribution is 7.15. The van der Waals surface area contributed by atoms with Gasteiger partial charge in [-0.3, -0.25) is 9.59 Å². The minimum Gasteiger partial charge on any atom is -0.494 e. The molecular formula is C17H20N2O4S. The fourth-order valence-corrected chi connectivity index (χ4v) is 3.03. The third-order valence-electron chi connectivity index (χ3n) is 3.27. The number of aromatic nitrogens is 1. The van der Waals surface area contributed by atoms with E-state index in [9.17, 15) is 9.59 Å². The summed E-state index contributed by atoms with van der Waals surface area (Å²) in [6, 6.07) is 9.46. The predicted octanol–water partition coefficient (Wildman–Crippen LogP) is 3.27. The van der Waals surface area contributed by atoms with E-state index in [1.165, 1.54) is 11.3 Å². The lowest BCUT2D eigenvalue weighted by Crippen LogP contribution is -2.12. The van der Waals surface area contributed by atoms with E-state index in [4.69, 9.17) is 9.84 Å². The Balaban J connectivity index is 1.72. The molecule has 24 heavy (non-hydrogen) atoms. The summed E-state index contributed by atoms with van der Waals surface area (Å²) in [6.07, 6.45) is 1.44. The lowest BCUT2D eigenvalue weighted by molar-refractivity contribution is -0.136. The number of carboxylic acids is 1. The molecule has 0 fully saturated rings. The SMILES string of the molecule is Cc1nc(NC(=O)CCCOc2ccccc2)sc1CCC(=O)O. The third kappa shape index (κ3) is 6.00. The molecule has 0 spiro atoms. The van der Waals surface area contributed by atoms with E-state index < -0.39 is 5.97 Å². The van der Waals surface area contributed by atoms with Crippen molar-refractivity contribution in [1.82, 2.24) is 4.98 Å². The smallest absolute Gasteiger partial charge is 0.303 e. The normalized spacial score (nSPS) is 10.4. The number of ether oxygens (including phenoxy) is 1. The number of nitrogens with one attached hydrogen (secondary N) is 1. The Labute approximate surface area is 144 Å². The topological polar surface area (TPSA) is 88.5 Å². The highest BCUT2D eigenvalue weighted by Gasteiger charge is 2.11. The van der Waals surface area contributed by atoms with Gasteiger partial charge in [-0.05, 0) is 31.9 Å². The summed E-state index contributed by atoms with van der Waals surface area (Å²) in [7, 11) is 0. The Morgan fingerprint density at radius 2 is 2.00 bits per heavy atom. The number of benzene rings is 1. The van der Waals surface area contributed by atoms with E-state index >= 15 is 0 Å². The molecule has 0 saturated heterocycles. The summed E-state index contributed by atoms with van der Waals surface area (Å²) in [5.41, 5.74) is 0.768. The van der Waals surface area contributed by atoms with Crippen molar-refractivity contribution >= 4 is 28.3 Å². The number of carboxylic acid groups (broad SMARTS) is 1. The van der Waals surface area contributed by atoms with Gasteiger partial charge in [-0.15, -0.1) is 11.3 Å². The monoisotopic (exact) mass is 348 g/mol. The maximum Gasteiger partial charge on any atom is 0.303 e. The van der Waals surface area contributed by atoms with Gasteiger partial charge in [-0.25, -0.2) is 4.98 Å². The number of rotatable bonds is 9. The number of carbonyl (C=O) groups is 2. The van der Waals surface area contributed by atoms with Crippen LogP contribution in [0.5, 0.6) is 5.75 Å². The first-order chi connectivity index (χ1) is 11.5. The highest BCUT2D eigenvalue weighted by Crippen LogP contribution is 2.24. The molecule has 1 aromatic heterocycles. The van der Waals surface area contributed by atoms with Gasteiger partial charge >= 0.3 is 5.97 Å². The number of amides is 1. The highest BCUT2D eigenvalue weighted by atomic mass is 32.1. The van der Waals surface area contributed by atoms with Crippen LogP contribution < -0.4 is 10.1 Å². The molecule has 128 valence electrons. The van der Waals surface area contributed by atoms with Gasteiger partial charge in [0.1, 0.15) is 5.75 Å². The van der Waals surface area contributed by atoms with Crippen molar-refractivity contribution in [3.05, 3.63) is 40.9 Å². The van der Waals surface area contributed by atoms with Gasteiger partial charge in [0.15, 0.2) is 5.13 Å². The van der Waals surface area contributed by atoms with Crippen LogP contribution in [0.2, 0.25) is 0 Å². The maximum atomic E-state index is 11.9. The van der Waals surface area contributed by atoms with Crippen molar-refractivity contribution in [2.75, 3.05) is 11.9 Å². The van der Waals surface area contributed by atoms with Crippen LogP contribution >= 0.6 is 11.3 Å². The number of aryl methyl sites for hydroxylation is 2. The van der Waals surface area contributed by atoms with Gasteiger partial charge in [0, 0.05) is 11.3 Å². The number of para-hydroxylation sites is 1. The average molecular weight is 348 g/mol. The maximum absolute atomic E-state index is 11.9. The van der Waals surface area contributed by atoms with Crippen LogP contribution in [0.25, 0.3) is 0 Å². The molecule has 0 unspecified atom stereocenters. The second kappa shape index (κ2) is 9.02. The van der Waals surface area contributed by atoms with Gasteiger partial charge in [-0.1, -0.05) is 18.2 Å². The molecule has 0 aliphatic carbocycles. The van der Waals surface area contributed by atoms with Crippen molar-refractivity contribution in [1.29, 1.82) is 0 Å². The first-order valence-electron chi connectivity index (χ1n) is 7.70. The molecule has 1 amide bonds. The fraction of sp³-hybridized carbons (Fsp3) is 0.353. The lowest BCUT2D eigenvalue weighted by atomic mass is 10.2. The number of aliphatic carboxylic acids is 1. The zero-order valence-corrected chi connectivity index (χ0v) is 14.3. The number of carbonyl (C=O) groups excluding carboxylic acids is 1. The van der Waals surface area contributed by atoms with Gasteiger partial charge in [0.2, 0.25) is 5.91 Å². The van der Waals surface area contributed by atoms with Crippen LogP contribution in [-0.4, -0.2) is 28.6 Å². The van der Waals surface area contributed by atoms with E-state index in [2.05, 4.69) is 10.3 Å². The summed E-state index contributed by atoms with van der Waals surface area (Å²) in [5.74, 6) is -0.173. The summed E-state index contributed by atoms with van der Waals surface area (Å²) in [5, 5.41) is 12.0. The van der Waals surface area contributed by atoms with Crippen LogP contribution in [0.4, 0.5) is 5.13 Å². The van der Waals surface area contributed by atoms with E-state index in [0.717, 1.165) is 16.3 Å². The Bertz CT molecular complexity index is 685. The number of anilines is 1. The summed E-state index contributed by atoms with van der Waals surface area (Å²) < 4.78 is 5.54. The second-order valence-corrected chi connectivity index (χ2v) is 6.32. The van der Waals surface area contributed by atoms with Crippen LogP contribution in [0.1, 0.15) is 29.8 Å². The fourth-order valence-electron chi connectivity index (χ4n) is 2.06. The number of hydrogen-bond donors (Lipinski definition) is 2. The molecule has 0 saturated carbocycles. The standard InChI is InChI=1S/C17H20N2O4S/c1-12-14(9-10-16(21)22)24-17(18-12)19-15(20)8-5-11-23-13-6-3-2-4-7-13/h2-4,6-7H,5,8-11H2,1H3,(H,21,22)(H,18,19,20). The Morgan fingerprint density at radius 1 is 1.25 bits per heavy atom. The molecule has 0 aliphatic rings. The van der Waals surface area contributed by atoms with E-state index in [-0.39, 0.29) is 12.3 Å². The molecule has 2 N–H and O–H groups in total. The molecule has 6 nitrogen and oxygen atoms in total. The van der Waals surface area contributed by atoms with Crippen molar-refractivity contribution in [2.24, 2.45) is 0 Å². The number of hydrogen-bond acceptors (Lipinski definition) is 5. The van der Waals surface area contributed by atoms with E-state index in [1.54, 1.807) is 0 Å². The summed E-state index contributed by atoms with van der Waals surface area (Å²) >= 11 is 1.33. The Morgan fingerprint density at radius 3 is 2.71 bits per heavy atom. The zero-order valence-electron chi connectivity index (χ0n) is 13.4. The first kappa shape index (κ1) is 17.9. The molecule has 0 bridgehead atoms. The lowest BCUT2D eigenvalue weighted by Gasteiger charge is -2.05. The molecule has 0 atom stereocenters. The van der Waals surface area contributed by atoms with Crippen molar-refractivity contribution < 1.29 is 19.4 Å². The van der Waals surface area contributed by atoms with Crippen LogP contribution in [0, 0.1) is 6.92 Å². The summed E-state index contributed by atoms with van der Waals surface area (Å²) in [6.45, 7) is 2.29. The Kier molecular flexibility index (Phi) is 6.74. The molecule has 0 radical (unpaired) electrons. The molecule has 1 heterocycles. The second-order valence-electron chi connectivity index (χ2n) is 5.23. The van der Waals surface area contributed by atoms with Gasteiger partial charge in [0.05, 0.1) is 18.7 Å². The first-order valence-corrected chi connectivity index (χ1v) is 8.52. The van der Waals surface area contributed by atoms with Gasteiger partial charge in [-0.2, -0.15) is 0 Å². The minimum absolute atomic E-state index is 0.0627. The Hall–Kier alpha value is -2.41. The molecular weight excluding hydrogens is 328 g/mol. The van der Waals surface area contributed by atoms with Crippen molar-refractivity contribution in [3.8, 4) is 5.75 Å². The molecule has 2 aromatic rings. The number of nitrogens with zero attached hydrogens (tertiary/aromatic N) is 1. The largest absolute Gasteiger partial charge is 0.494 e. The van der Waals surface area contributed by atoms with E-state index in [0.29, 0.717) is 31.0 Å². The van der Waals surface area contributed by atoms with Crippen LogP contribution in [-0.2, 0) is 16.0 Å².